The summed E-state index contributed by atoms with van der Waals surface area (Å²) in [4.78, 5) is 23.7. The third-order valence-corrected chi connectivity index (χ3v) is 6.61. The van der Waals surface area contributed by atoms with Gasteiger partial charge in [-0.25, -0.2) is 8.42 Å². The molecule has 0 radical (unpaired) electrons. The summed E-state index contributed by atoms with van der Waals surface area (Å²) in [6.07, 6.45) is -0.163. The fraction of sp³-hybridized carbons (Fsp3) is 0.130. The Labute approximate surface area is 206 Å². The second-order valence-electron chi connectivity index (χ2n) is 7.13. The Hall–Kier alpha value is -3.11. The van der Waals surface area contributed by atoms with Crippen LogP contribution in [0.4, 0.5) is 5.69 Å². The summed E-state index contributed by atoms with van der Waals surface area (Å²) in [5, 5.41) is 12.2. The van der Waals surface area contributed by atoms with Crippen molar-refractivity contribution in [2.24, 2.45) is 0 Å². The Balaban J connectivity index is 1.79. The Morgan fingerprint density at radius 2 is 1.59 bits per heavy atom. The second-order valence-corrected chi connectivity index (χ2v) is 9.68. The van der Waals surface area contributed by atoms with Gasteiger partial charge in [0.05, 0.1) is 16.3 Å². The van der Waals surface area contributed by atoms with Gasteiger partial charge >= 0.3 is 5.97 Å². The lowest BCUT2D eigenvalue weighted by atomic mass is 10.1. The maximum Gasteiger partial charge on any atom is 0.307 e. The smallest absolute Gasteiger partial charge is 0.307 e. The number of nitrogens with one attached hydrogen (secondary N) is 2. The Morgan fingerprint density at radius 1 is 0.941 bits per heavy atom. The van der Waals surface area contributed by atoms with Crippen LogP contribution >= 0.6 is 23.2 Å². The molecule has 3 aromatic rings. The van der Waals surface area contributed by atoms with Crippen molar-refractivity contribution in [3.05, 3.63) is 88.4 Å². The molecule has 1 amide bonds. The van der Waals surface area contributed by atoms with Gasteiger partial charge in [-0.1, -0.05) is 47.5 Å². The second kappa shape index (κ2) is 11.3. The van der Waals surface area contributed by atoms with Gasteiger partial charge in [0.1, 0.15) is 18.4 Å². The average molecular weight is 523 g/mol. The largest absolute Gasteiger partial charge is 0.490 e. The van der Waals surface area contributed by atoms with Gasteiger partial charge in [0, 0.05) is 10.7 Å². The predicted molar refractivity (Wildman–Crippen MR) is 129 cm³/mol. The number of sulfonamides is 1. The number of aliphatic carboxylic acids is 1. The van der Waals surface area contributed by atoms with E-state index in [1.807, 2.05) is 0 Å². The zero-order valence-electron chi connectivity index (χ0n) is 17.6. The number of carboxylic acid groups (broad SMARTS) is 1. The maximum atomic E-state index is 13.0. The van der Waals surface area contributed by atoms with E-state index in [9.17, 15) is 18.0 Å². The van der Waals surface area contributed by atoms with Gasteiger partial charge in [-0.2, -0.15) is 4.72 Å². The van der Waals surface area contributed by atoms with Crippen molar-refractivity contribution in [3.8, 4) is 5.75 Å². The normalized spacial score (nSPS) is 12.1. The van der Waals surface area contributed by atoms with Crippen LogP contribution < -0.4 is 14.8 Å². The van der Waals surface area contributed by atoms with Crippen molar-refractivity contribution in [2.45, 2.75) is 17.4 Å². The van der Waals surface area contributed by atoms with Gasteiger partial charge in [-0.3, -0.25) is 9.59 Å². The minimum absolute atomic E-state index is 0.0783. The third-order valence-electron chi connectivity index (χ3n) is 4.56. The van der Waals surface area contributed by atoms with Gasteiger partial charge in [0.2, 0.25) is 15.9 Å². The van der Waals surface area contributed by atoms with Crippen LogP contribution in [0.2, 0.25) is 10.0 Å². The first-order chi connectivity index (χ1) is 16.1. The van der Waals surface area contributed by atoms with Crippen LogP contribution in [0.5, 0.6) is 5.75 Å². The number of rotatable bonds is 10. The molecule has 0 fully saturated rings. The van der Waals surface area contributed by atoms with E-state index in [1.165, 1.54) is 36.4 Å². The maximum absolute atomic E-state index is 13.0. The summed E-state index contributed by atoms with van der Waals surface area (Å²) >= 11 is 11.9. The topological polar surface area (TPSA) is 122 Å². The van der Waals surface area contributed by atoms with Crippen LogP contribution in [0.15, 0.2) is 77.7 Å². The molecule has 0 saturated heterocycles. The molecule has 3 rings (SSSR count). The van der Waals surface area contributed by atoms with Crippen molar-refractivity contribution in [3.63, 3.8) is 0 Å². The van der Waals surface area contributed by atoms with Gasteiger partial charge in [-0.05, 0) is 54.1 Å². The number of hydrogen-bond acceptors (Lipinski definition) is 5. The Kier molecular flexibility index (Phi) is 8.51. The molecule has 0 spiro atoms. The molecule has 8 nitrogen and oxygen atoms in total. The van der Waals surface area contributed by atoms with E-state index in [4.69, 9.17) is 33.0 Å². The Bertz CT molecular complexity index is 1270. The van der Waals surface area contributed by atoms with Crippen molar-refractivity contribution in [1.82, 2.24) is 4.72 Å². The van der Waals surface area contributed by atoms with E-state index in [-0.39, 0.29) is 23.7 Å². The highest BCUT2D eigenvalue weighted by atomic mass is 35.5. The highest BCUT2D eigenvalue weighted by Gasteiger charge is 2.27. The zero-order valence-corrected chi connectivity index (χ0v) is 19.9. The molecule has 178 valence electrons. The van der Waals surface area contributed by atoms with Gasteiger partial charge < -0.3 is 15.2 Å². The number of carboxylic acids is 1. The molecule has 1 atom stereocenters. The van der Waals surface area contributed by atoms with E-state index < -0.39 is 27.9 Å². The molecular formula is C23H20Cl2N2O6S. The van der Waals surface area contributed by atoms with Gasteiger partial charge in [0.25, 0.3) is 0 Å². The van der Waals surface area contributed by atoms with E-state index >= 15 is 0 Å². The first kappa shape index (κ1) is 25.5. The Morgan fingerprint density at radius 3 is 2.21 bits per heavy atom. The lowest BCUT2D eigenvalue weighted by molar-refractivity contribution is -0.136. The number of hydrogen-bond donors (Lipinski definition) is 3. The molecule has 0 saturated carbocycles. The first-order valence-electron chi connectivity index (χ1n) is 9.91. The summed E-state index contributed by atoms with van der Waals surface area (Å²) in [6, 6.07) is 16.9. The van der Waals surface area contributed by atoms with Crippen molar-refractivity contribution < 1.29 is 27.9 Å². The molecule has 3 N–H and O–H groups in total. The number of carbonyl (C=O) groups excluding carboxylic acids is 1. The molecule has 0 aliphatic rings. The number of ether oxygens (including phenoxy) is 1. The van der Waals surface area contributed by atoms with E-state index in [2.05, 4.69) is 10.0 Å². The average Bonchev–Trinajstić information content (AvgIpc) is 2.78. The van der Waals surface area contributed by atoms with Crippen LogP contribution in [-0.2, 0) is 26.0 Å². The molecule has 0 heterocycles. The minimum Gasteiger partial charge on any atom is -0.490 e. The van der Waals surface area contributed by atoms with Crippen LogP contribution in [0.25, 0.3) is 0 Å². The molecule has 0 aliphatic heterocycles. The molecule has 34 heavy (non-hydrogen) atoms. The SMILES string of the molecule is O=C(O)Cc1ccc(NC(=O)C(COc2ccccc2Cl)NS(=O)(=O)c2ccc(Cl)cc2)cc1. The van der Waals surface area contributed by atoms with Crippen molar-refractivity contribution in [2.75, 3.05) is 11.9 Å². The third kappa shape index (κ3) is 7.19. The summed E-state index contributed by atoms with van der Waals surface area (Å²) < 4.78 is 33.7. The van der Waals surface area contributed by atoms with Crippen LogP contribution in [0.3, 0.4) is 0 Å². The highest BCUT2D eigenvalue weighted by Crippen LogP contribution is 2.23. The number of benzene rings is 3. The number of para-hydroxylation sites is 1. The fourth-order valence-electron chi connectivity index (χ4n) is 2.88. The minimum atomic E-state index is -4.10. The van der Waals surface area contributed by atoms with E-state index in [0.717, 1.165) is 0 Å². The first-order valence-corrected chi connectivity index (χ1v) is 12.1. The van der Waals surface area contributed by atoms with Gasteiger partial charge in [0.15, 0.2) is 0 Å². The molecule has 0 bridgehead atoms. The molecule has 11 heteroatoms. The quantitative estimate of drug-likeness (QED) is 0.370. The number of anilines is 1. The lowest BCUT2D eigenvalue weighted by Gasteiger charge is -2.20. The van der Waals surface area contributed by atoms with Crippen LogP contribution in [0.1, 0.15) is 5.56 Å². The molecule has 3 aromatic carbocycles. The molecular weight excluding hydrogens is 503 g/mol. The number of halogens is 2. The van der Waals surface area contributed by atoms with Crippen molar-refractivity contribution in [1.29, 1.82) is 0 Å². The molecule has 0 aromatic heterocycles. The predicted octanol–water partition coefficient (Wildman–Crippen LogP) is 3.99. The zero-order chi connectivity index (χ0) is 24.7. The number of carbonyl (C=O) groups is 2. The molecule has 0 aliphatic carbocycles. The van der Waals surface area contributed by atoms with Crippen molar-refractivity contribution >= 4 is 50.8 Å². The summed E-state index contributed by atoms with van der Waals surface area (Å²) in [5.41, 5.74) is 0.903. The summed E-state index contributed by atoms with van der Waals surface area (Å²) in [5.74, 6) is -1.38. The number of amides is 1. The fourth-order valence-corrected chi connectivity index (χ4v) is 4.37. The van der Waals surface area contributed by atoms with E-state index in [1.54, 1.807) is 36.4 Å². The lowest BCUT2D eigenvalue weighted by Crippen LogP contribution is -2.47. The van der Waals surface area contributed by atoms with Gasteiger partial charge in [-0.15, -0.1) is 0 Å². The van der Waals surface area contributed by atoms with Crippen LogP contribution in [-0.4, -0.2) is 38.0 Å². The van der Waals surface area contributed by atoms with E-state index in [0.29, 0.717) is 21.3 Å². The monoisotopic (exact) mass is 522 g/mol. The standard InChI is InChI=1S/C23H20Cl2N2O6S/c24-16-7-11-18(12-8-16)34(31,32)27-20(14-33-21-4-2-1-3-19(21)25)23(30)26-17-9-5-15(6-10-17)13-22(28)29/h1-12,20,27H,13-14H2,(H,26,30)(H,28,29). The summed E-state index contributed by atoms with van der Waals surface area (Å²) in [7, 11) is -4.10. The highest BCUT2D eigenvalue weighted by molar-refractivity contribution is 7.89. The molecule has 1 unspecified atom stereocenters. The summed E-state index contributed by atoms with van der Waals surface area (Å²) in [6.45, 7) is -0.348. The van der Waals surface area contributed by atoms with Crippen LogP contribution in [0, 0.1) is 0 Å².